The van der Waals surface area contributed by atoms with Crippen molar-refractivity contribution in [3.8, 4) is 0 Å². The quantitative estimate of drug-likeness (QED) is 0.263. The van der Waals surface area contributed by atoms with E-state index < -0.39 is 12.2 Å². The molecule has 0 heterocycles. The average molecular weight is 349 g/mol. The van der Waals surface area contributed by atoms with E-state index in [1.807, 2.05) is 0 Å². The maximum absolute atomic E-state index is 9.74. The molecule has 2 atom stereocenters. The molecule has 0 bridgehead atoms. The Morgan fingerprint density at radius 2 is 1.12 bits per heavy atom. The van der Waals surface area contributed by atoms with Crippen LogP contribution in [-0.4, -0.2) is 75.0 Å². The molecule has 146 valence electrons. The first-order chi connectivity index (χ1) is 11.7. The fraction of sp³-hybridized carbons (Fsp3) is 1.00. The van der Waals surface area contributed by atoms with Crippen molar-refractivity contribution in [3.63, 3.8) is 0 Å². The van der Waals surface area contributed by atoms with Crippen molar-refractivity contribution in [2.75, 3.05) is 52.6 Å². The van der Waals surface area contributed by atoms with Gasteiger partial charge in [-0.1, -0.05) is 39.5 Å². The van der Waals surface area contributed by atoms with E-state index in [2.05, 4.69) is 24.5 Å². The van der Waals surface area contributed by atoms with Crippen LogP contribution in [0.4, 0.5) is 0 Å². The summed E-state index contributed by atoms with van der Waals surface area (Å²) in [7, 11) is 0. The van der Waals surface area contributed by atoms with E-state index in [0.717, 1.165) is 39.1 Å². The summed E-state index contributed by atoms with van der Waals surface area (Å²) in [5.74, 6) is 0. The van der Waals surface area contributed by atoms with Gasteiger partial charge < -0.3 is 30.3 Å². The summed E-state index contributed by atoms with van der Waals surface area (Å²) in [6.45, 7) is 9.09. The smallest absolute Gasteiger partial charge is 0.0897 e. The summed E-state index contributed by atoms with van der Waals surface area (Å²) in [6.07, 6.45) is 5.91. The van der Waals surface area contributed by atoms with Gasteiger partial charge in [-0.05, 0) is 12.8 Å². The van der Waals surface area contributed by atoms with Gasteiger partial charge in [-0.3, -0.25) is 0 Å². The minimum Gasteiger partial charge on any atom is -0.389 e. The van der Waals surface area contributed by atoms with E-state index in [-0.39, 0.29) is 0 Å². The molecule has 0 spiro atoms. The van der Waals surface area contributed by atoms with Crippen LogP contribution in [0.2, 0.25) is 0 Å². The predicted octanol–water partition coefficient (Wildman–Crippen LogP) is 1.30. The third-order valence-corrected chi connectivity index (χ3v) is 3.64. The van der Waals surface area contributed by atoms with Gasteiger partial charge in [-0.15, -0.1) is 0 Å². The highest BCUT2D eigenvalue weighted by Gasteiger charge is 2.05. The van der Waals surface area contributed by atoms with Crippen molar-refractivity contribution in [1.82, 2.24) is 10.6 Å². The first-order valence-electron chi connectivity index (χ1n) is 9.63. The monoisotopic (exact) mass is 348 g/mol. The van der Waals surface area contributed by atoms with Gasteiger partial charge in [0.05, 0.1) is 25.4 Å². The van der Waals surface area contributed by atoms with Gasteiger partial charge in [0.2, 0.25) is 0 Å². The Bertz CT molecular complexity index is 221. The molecule has 0 aliphatic carbocycles. The average Bonchev–Trinajstić information content (AvgIpc) is 2.57. The summed E-state index contributed by atoms with van der Waals surface area (Å²) in [6, 6.07) is 0. The molecule has 0 saturated heterocycles. The van der Waals surface area contributed by atoms with Crippen LogP contribution >= 0.6 is 0 Å². The third-order valence-electron chi connectivity index (χ3n) is 3.64. The van der Waals surface area contributed by atoms with Crippen LogP contribution in [-0.2, 0) is 9.47 Å². The fourth-order valence-electron chi connectivity index (χ4n) is 2.18. The third kappa shape index (κ3) is 18.1. The zero-order chi connectivity index (χ0) is 17.9. The molecule has 0 aliphatic rings. The van der Waals surface area contributed by atoms with Crippen LogP contribution in [0, 0.1) is 0 Å². The van der Waals surface area contributed by atoms with Crippen molar-refractivity contribution in [2.24, 2.45) is 0 Å². The lowest BCUT2D eigenvalue weighted by Gasteiger charge is -2.14. The molecule has 0 aromatic carbocycles. The minimum atomic E-state index is -0.464. The number of hydrogen-bond acceptors (Lipinski definition) is 6. The standard InChI is InChI=1S/C18H40N2O4/c1-3-5-7-11-23-15-17(21)13-19-9-10-20-14-18(22)16-24-12-8-6-4-2/h17-22H,3-16H2,1-2H3/t17-,18-/m1/s1. The highest BCUT2D eigenvalue weighted by Crippen LogP contribution is 1.95. The lowest BCUT2D eigenvalue weighted by atomic mass is 10.3. The van der Waals surface area contributed by atoms with Gasteiger partial charge in [0, 0.05) is 39.4 Å². The summed E-state index contributed by atoms with van der Waals surface area (Å²) in [5, 5.41) is 25.8. The van der Waals surface area contributed by atoms with Crippen molar-refractivity contribution in [2.45, 2.75) is 64.6 Å². The number of unbranched alkanes of at least 4 members (excludes halogenated alkanes) is 4. The summed E-state index contributed by atoms with van der Waals surface area (Å²) in [5.41, 5.74) is 0. The second-order valence-corrected chi connectivity index (χ2v) is 6.28. The molecule has 24 heavy (non-hydrogen) atoms. The minimum absolute atomic E-state index is 0.387. The van der Waals surface area contributed by atoms with Gasteiger partial charge in [-0.25, -0.2) is 0 Å². The Morgan fingerprint density at radius 1 is 0.708 bits per heavy atom. The molecule has 0 saturated carbocycles. The first kappa shape index (κ1) is 23.8. The molecular weight excluding hydrogens is 308 g/mol. The molecule has 0 amide bonds. The zero-order valence-corrected chi connectivity index (χ0v) is 15.8. The Labute approximate surface area is 148 Å². The molecule has 0 unspecified atom stereocenters. The van der Waals surface area contributed by atoms with Crippen molar-refractivity contribution >= 4 is 0 Å². The van der Waals surface area contributed by atoms with E-state index >= 15 is 0 Å². The number of nitrogens with one attached hydrogen (secondary N) is 2. The predicted molar refractivity (Wildman–Crippen MR) is 98.4 cm³/mol. The first-order valence-corrected chi connectivity index (χ1v) is 9.63. The molecule has 0 aromatic rings. The van der Waals surface area contributed by atoms with E-state index in [9.17, 15) is 10.2 Å². The Morgan fingerprint density at radius 3 is 1.50 bits per heavy atom. The second kappa shape index (κ2) is 19.1. The van der Waals surface area contributed by atoms with Crippen LogP contribution in [0.1, 0.15) is 52.4 Å². The Hall–Kier alpha value is -0.240. The number of aliphatic hydroxyl groups is 2. The molecular formula is C18H40N2O4. The summed E-state index contributed by atoms with van der Waals surface area (Å²) in [4.78, 5) is 0. The molecule has 0 rings (SSSR count). The van der Waals surface area contributed by atoms with Gasteiger partial charge in [0.25, 0.3) is 0 Å². The molecule has 4 N–H and O–H groups in total. The number of rotatable bonds is 19. The van der Waals surface area contributed by atoms with Crippen LogP contribution in [0.15, 0.2) is 0 Å². The second-order valence-electron chi connectivity index (χ2n) is 6.28. The maximum Gasteiger partial charge on any atom is 0.0897 e. The zero-order valence-electron chi connectivity index (χ0n) is 15.8. The lowest BCUT2D eigenvalue weighted by molar-refractivity contribution is 0.0340. The largest absolute Gasteiger partial charge is 0.389 e. The number of aliphatic hydroxyl groups excluding tert-OH is 2. The summed E-state index contributed by atoms with van der Waals surface area (Å²) < 4.78 is 10.8. The van der Waals surface area contributed by atoms with Gasteiger partial charge in [-0.2, -0.15) is 0 Å². The van der Waals surface area contributed by atoms with Crippen LogP contribution < -0.4 is 10.6 Å². The summed E-state index contributed by atoms with van der Waals surface area (Å²) >= 11 is 0. The van der Waals surface area contributed by atoms with E-state index in [0.29, 0.717) is 26.3 Å². The van der Waals surface area contributed by atoms with Crippen LogP contribution in [0.5, 0.6) is 0 Å². The van der Waals surface area contributed by atoms with E-state index in [1.165, 1.54) is 25.7 Å². The van der Waals surface area contributed by atoms with E-state index in [1.54, 1.807) is 0 Å². The molecule has 0 aromatic heterocycles. The van der Waals surface area contributed by atoms with Crippen LogP contribution in [0.25, 0.3) is 0 Å². The van der Waals surface area contributed by atoms with Gasteiger partial charge in [0.15, 0.2) is 0 Å². The Kier molecular flexibility index (Phi) is 18.9. The maximum atomic E-state index is 9.74. The lowest BCUT2D eigenvalue weighted by Crippen LogP contribution is -2.37. The topological polar surface area (TPSA) is 83.0 Å². The Balaban J connectivity index is 3.25. The highest BCUT2D eigenvalue weighted by atomic mass is 16.5. The van der Waals surface area contributed by atoms with Crippen molar-refractivity contribution in [3.05, 3.63) is 0 Å². The fourth-order valence-corrected chi connectivity index (χ4v) is 2.18. The van der Waals surface area contributed by atoms with Crippen molar-refractivity contribution < 1.29 is 19.7 Å². The van der Waals surface area contributed by atoms with Gasteiger partial charge in [0.1, 0.15) is 0 Å². The molecule has 6 nitrogen and oxygen atoms in total. The highest BCUT2D eigenvalue weighted by molar-refractivity contribution is 4.62. The molecule has 0 aliphatic heterocycles. The SMILES string of the molecule is CCCCCOC[C@H](O)CNCCNC[C@@H](O)COCCCCC. The van der Waals surface area contributed by atoms with Crippen LogP contribution in [0.3, 0.4) is 0 Å². The van der Waals surface area contributed by atoms with Crippen molar-refractivity contribution in [1.29, 1.82) is 0 Å². The van der Waals surface area contributed by atoms with E-state index in [4.69, 9.17) is 9.47 Å². The number of hydrogen-bond donors (Lipinski definition) is 4. The molecule has 0 fully saturated rings. The number of ether oxygens (including phenoxy) is 2. The molecule has 6 heteroatoms. The normalized spacial score (nSPS) is 14.0. The van der Waals surface area contributed by atoms with Gasteiger partial charge >= 0.3 is 0 Å². The molecule has 0 radical (unpaired) electrons.